The number of benzene rings is 1. The second-order valence-corrected chi connectivity index (χ2v) is 6.24. The van der Waals surface area contributed by atoms with E-state index in [4.69, 9.17) is 0 Å². The molecule has 0 fully saturated rings. The first-order chi connectivity index (χ1) is 11.1. The average Bonchev–Trinajstić information content (AvgIpc) is 2.82. The maximum absolute atomic E-state index is 12.4. The van der Waals surface area contributed by atoms with Crippen molar-refractivity contribution >= 4 is 11.7 Å². The number of ketones is 1. The molecule has 126 valence electrons. The van der Waals surface area contributed by atoms with Gasteiger partial charge in [-0.25, -0.2) is 0 Å². The van der Waals surface area contributed by atoms with Crippen LogP contribution in [0.25, 0.3) is 0 Å². The molecule has 0 saturated heterocycles. The third-order valence-electron chi connectivity index (χ3n) is 4.60. The van der Waals surface area contributed by atoms with Gasteiger partial charge in [-0.15, -0.1) is 0 Å². The SMILES string of the molecule is CCC(CC)NC(=O)CCC(=O)c1ccc2c(c1)CCNCC2. The highest BCUT2D eigenvalue weighted by Crippen LogP contribution is 2.17. The third-order valence-corrected chi connectivity index (χ3v) is 4.60. The minimum Gasteiger partial charge on any atom is -0.353 e. The number of fused-ring (bicyclic) bond motifs is 1. The molecule has 0 radical (unpaired) electrons. The Bertz CT molecular complexity index is 550. The summed E-state index contributed by atoms with van der Waals surface area (Å²) < 4.78 is 0. The molecule has 23 heavy (non-hydrogen) atoms. The molecular formula is C19H28N2O2. The Hall–Kier alpha value is -1.68. The van der Waals surface area contributed by atoms with Gasteiger partial charge in [-0.1, -0.05) is 26.0 Å². The standard InChI is InChI=1S/C19H28N2O2/c1-3-17(4-2)21-19(23)8-7-18(22)16-6-5-14-9-11-20-12-10-15(14)13-16/h5-6,13,17,20H,3-4,7-12H2,1-2H3,(H,21,23). The second kappa shape index (κ2) is 8.82. The Balaban J connectivity index is 1.91. The topological polar surface area (TPSA) is 58.2 Å². The van der Waals surface area contributed by atoms with E-state index in [2.05, 4.69) is 30.5 Å². The highest BCUT2D eigenvalue weighted by molar-refractivity contribution is 5.98. The molecular weight excluding hydrogens is 288 g/mol. The Labute approximate surface area is 139 Å². The van der Waals surface area contributed by atoms with Crippen molar-refractivity contribution in [3.8, 4) is 0 Å². The van der Waals surface area contributed by atoms with Crippen molar-refractivity contribution < 1.29 is 9.59 Å². The highest BCUT2D eigenvalue weighted by atomic mass is 16.2. The predicted octanol–water partition coefficient (Wildman–Crippen LogP) is 2.64. The van der Waals surface area contributed by atoms with Gasteiger partial charge in [0.05, 0.1) is 0 Å². The summed E-state index contributed by atoms with van der Waals surface area (Å²) in [5.41, 5.74) is 3.33. The lowest BCUT2D eigenvalue weighted by Gasteiger charge is -2.14. The van der Waals surface area contributed by atoms with Crippen LogP contribution in [0.2, 0.25) is 0 Å². The van der Waals surface area contributed by atoms with Crippen molar-refractivity contribution in [1.29, 1.82) is 0 Å². The van der Waals surface area contributed by atoms with Crippen molar-refractivity contribution in [1.82, 2.24) is 10.6 Å². The fraction of sp³-hybridized carbons (Fsp3) is 0.579. The molecule has 0 saturated carbocycles. The lowest BCUT2D eigenvalue weighted by Crippen LogP contribution is -2.33. The van der Waals surface area contributed by atoms with E-state index in [0.717, 1.165) is 44.3 Å². The quantitative estimate of drug-likeness (QED) is 0.760. The first-order valence-electron chi connectivity index (χ1n) is 8.79. The minimum absolute atomic E-state index is 0.0222. The number of rotatable bonds is 7. The van der Waals surface area contributed by atoms with Crippen molar-refractivity contribution in [2.24, 2.45) is 0 Å². The summed E-state index contributed by atoms with van der Waals surface area (Å²) in [7, 11) is 0. The predicted molar refractivity (Wildman–Crippen MR) is 92.8 cm³/mol. The van der Waals surface area contributed by atoms with Gasteiger partial charge in [0.15, 0.2) is 5.78 Å². The lowest BCUT2D eigenvalue weighted by molar-refractivity contribution is -0.121. The number of carbonyl (C=O) groups is 2. The zero-order chi connectivity index (χ0) is 16.7. The zero-order valence-electron chi connectivity index (χ0n) is 14.3. The van der Waals surface area contributed by atoms with E-state index in [1.165, 1.54) is 11.1 Å². The maximum atomic E-state index is 12.4. The summed E-state index contributed by atoms with van der Waals surface area (Å²) in [6.45, 7) is 6.08. The molecule has 2 rings (SSSR count). The first-order valence-corrected chi connectivity index (χ1v) is 8.79. The monoisotopic (exact) mass is 316 g/mol. The van der Waals surface area contributed by atoms with Crippen LogP contribution in [0, 0.1) is 0 Å². The molecule has 1 amide bonds. The molecule has 1 aromatic carbocycles. The van der Waals surface area contributed by atoms with Crippen molar-refractivity contribution in [2.45, 2.75) is 58.4 Å². The second-order valence-electron chi connectivity index (χ2n) is 6.24. The van der Waals surface area contributed by atoms with E-state index < -0.39 is 0 Å². The van der Waals surface area contributed by atoms with Gasteiger partial charge in [0.1, 0.15) is 0 Å². The van der Waals surface area contributed by atoms with Gasteiger partial charge >= 0.3 is 0 Å². The summed E-state index contributed by atoms with van der Waals surface area (Å²) in [5, 5.41) is 6.36. The van der Waals surface area contributed by atoms with Crippen LogP contribution in [-0.2, 0) is 17.6 Å². The van der Waals surface area contributed by atoms with Crippen LogP contribution in [0.4, 0.5) is 0 Å². The van der Waals surface area contributed by atoms with Crippen molar-refractivity contribution in [3.63, 3.8) is 0 Å². The summed E-state index contributed by atoms with van der Waals surface area (Å²) in [6, 6.07) is 6.21. The lowest BCUT2D eigenvalue weighted by atomic mass is 9.97. The normalized spacial score (nSPS) is 14.2. The van der Waals surface area contributed by atoms with Gasteiger partial charge in [0.25, 0.3) is 0 Å². The van der Waals surface area contributed by atoms with Gasteiger partial charge in [0.2, 0.25) is 5.91 Å². The van der Waals surface area contributed by atoms with Crippen molar-refractivity contribution in [2.75, 3.05) is 13.1 Å². The smallest absolute Gasteiger partial charge is 0.220 e. The molecule has 0 aliphatic carbocycles. The van der Waals surface area contributed by atoms with Crippen LogP contribution in [0.5, 0.6) is 0 Å². The van der Waals surface area contributed by atoms with E-state index in [9.17, 15) is 9.59 Å². The largest absolute Gasteiger partial charge is 0.353 e. The van der Waals surface area contributed by atoms with Crippen LogP contribution in [0.3, 0.4) is 0 Å². The summed E-state index contributed by atoms with van der Waals surface area (Å²) in [5.74, 6) is 0.0377. The Morgan fingerprint density at radius 2 is 1.78 bits per heavy atom. The first kappa shape index (κ1) is 17.7. The van der Waals surface area contributed by atoms with Crippen LogP contribution < -0.4 is 10.6 Å². The van der Waals surface area contributed by atoms with Gasteiger partial charge in [0, 0.05) is 24.4 Å². The van der Waals surface area contributed by atoms with Gasteiger partial charge in [-0.3, -0.25) is 9.59 Å². The summed E-state index contributed by atoms with van der Waals surface area (Å²) in [6.07, 6.45) is 4.38. The minimum atomic E-state index is -0.0222. The van der Waals surface area contributed by atoms with Crippen LogP contribution in [-0.4, -0.2) is 30.8 Å². The summed E-state index contributed by atoms with van der Waals surface area (Å²) >= 11 is 0. The molecule has 1 aromatic rings. The average molecular weight is 316 g/mol. The molecule has 0 unspecified atom stereocenters. The van der Waals surface area contributed by atoms with Gasteiger partial charge < -0.3 is 10.6 Å². The fourth-order valence-corrected chi connectivity index (χ4v) is 3.01. The van der Waals surface area contributed by atoms with E-state index in [0.29, 0.717) is 0 Å². The molecule has 1 heterocycles. The molecule has 2 N–H and O–H groups in total. The molecule has 0 aromatic heterocycles. The van der Waals surface area contributed by atoms with Gasteiger partial charge in [-0.05, 0) is 56.0 Å². The number of hydrogen-bond acceptors (Lipinski definition) is 3. The zero-order valence-corrected chi connectivity index (χ0v) is 14.3. The summed E-state index contributed by atoms with van der Waals surface area (Å²) in [4.78, 5) is 24.3. The van der Waals surface area contributed by atoms with Gasteiger partial charge in [-0.2, -0.15) is 0 Å². The van der Waals surface area contributed by atoms with E-state index in [-0.39, 0.29) is 30.6 Å². The number of hydrogen-bond donors (Lipinski definition) is 2. The van der Waals surface area contributed by atoms with Crippen LogP contribution >= 0.6 is 0 Å². The Morgan fingerprint density at radius 3 is 2.48 bits per heavy atom. The molecule has 0 spiro atoms. The molecule has 4 heteroatoms. The molecule has 4 nitrogen and oxygen atoms in total. The van der Waals surface area contributed by atoms with Crippen LogP contribution in [0.1, 0.15) is 61.0 Å². The third kappa shape index (κ3) is 5.17. The Kier molecular flexibility index (Phi) is 6.78. The Morgan fingerprint density at radius 1 is 1.09 bits per heavy atom. The van der Waals surface area contributed by atoms with Crippen molar-refractivity contribution in [3.05, 3.63) is 34.9 Å². The number of carbonyl (C=O) groups excluding carboxylic acids is 2. The maximum Gasteiger partial charge on any atom is 0.220 e. The van der Waals surface area contributed by atoms with E-state index in [1.807, 2.05) is 12.1 Å². The molecule has 0 atom stereocenters. The van der Waals surface area contributed by atoms with Crippen LogP contribution in [0.15, 0.2) is 18.2 Å². The molecule has 0 bridgehead atoms. The number of Topliss-reactive ketones (excluding diaryl/α,β-unsaturated/α-hetero) is 1. The fourth-order valence-electron chi connectivity index (χ4n) is 3.01. The number of amides is 1. The van der Waals surface area contributed by atoms with E-state index in [1.54, 1.807) is 0 Å². The highest BCUT2D eigenvalue weighted by Gasteiger charge is 2.14. The molecule has 1 aliphatic heterocycles. The molecule has 1 aliphatic rings. The van der Waals surface area contributed by atoms with E-state index >= 15 is 0 Å². The number of nitrogens with one attached hydrogen (secondary N) is 2.